The summed E-state index contributed by atoms with van der Waals surface area (Å²) in [6, 6.07) is 19.7. The average molecular weight is 400 g/mol. The monoisotopic (exact) mass is 400 g/mol. The maximum absolute atomic E-state index is 13.2. The number of benzene rings is 3. The van der Waals surface area contributed by atoms with Gasteiger partial charge in [-0.25, -0.2) is 0 Å². The van der Waals surface area contributed by atoms with E-state index in [9.17, 15) is 9.59 Å². The number of ether oxygens (including phenoxy) is 1. The zero-order valence-corrected chi connectivity index (χ0v) is 17.4. The molecule has 4 rings (SSSR count). The van der Waals surface area contributed by atoms with Crippen molar-refractivity contribution in [3.8, 4) is 0 Å². The number of hydrogen-bond acceptors (Lipinski definition) is 4. The number of imide groups is 1. The first kappa shape index (κ1) is 19.9. The Kier molecular flexibility index (Phi) is 5.38. The summed E-state index contributed by atoms with van der Waals surface area (Å²) in [5.41, 5.74) is 4.43. The molecule has 0 atom stereocenters. The van der Waals surface area contributed by atoms with Crippen LogP contribution in [0.4, 0.5) is 5.69 Å². The lowest BCUT2D eigenvalue weighted by atomic mass is 9.99. The van der Waals surface area contributed by atoms with E-state index in [4.69, 9.17) is 4.74 Å². The zero-order chi connectivity index (χ0) is 21.3. The number of hydrogen-bond donors (Lipinski definition) is 1. The Labute approximate surface area is 176 Å². The standard InChI is InChI=1S/C25H24N2O3/c1-16-11-12-19(15-17(16)2)22-23(25(29)27(24(22)28)13-14-30-3)26-21-10-6-8-18-7-4-5-9-20(18)21/h4-12,15,26H,13-14H2,1-3H3. The Bertz CT molecular complexity index is 1170. The van der Waals surface area contributed by atoms with E-state index in [0.717, 1.165) is 33.2 Å². The number of fused-ring (bicyclic) bond motifs is 1. The van der Waals surface area contributed by atoms with Crippen LogP contribution in [0.5, 0.6) is 0 Å². The van der Waals surface area contributed by atoms with Crippen LogP contribution in [0, 0.1) is 13.8 Å². The van der Waals surface area contributed by atoms with E-state index < -0.39 is 0 Å². The van der Waals surface area contributed by atoms with E-state index in [-0.39, 0.29) is 18.4 Å². The number of methoxy groups -OCH3 is 1. The van der Waals surface area contributed by atoms with Gasteiger partial charge in [-0.3, -0.25) is 14.5 Å². The fourth-order valence-corrected chi connectivity index (χ4v) is 3.71. The minimum atomic E-state index is -0.335. The Balaban J connectivity index is 1.84. The third-order valence-electron chi connectivity index (χ3n) is 5.53. The second-order valence-corrected chi connectivity index (χ2v) is 7.46. The van der Waals surface area contributed by atoms with Crippen LogP contribution in [0.3, 0.4) is 0 Å². The summed E-state index contributed by atoms with van der Waals surface area (Å²) in [5.74, 6) is -0.638. The highest BCUT2D eigenvalue weighted by Crippen LogP contribution is 2.33. The van der Waals surface area contributed by atoms with Gasteiger partial charge in [0.2, 0.25) is 0 Å². The molecule has 0 unspecified atom stereocenters. The van der Waals surface area contributed by atoms with Gasteiger partial charge in [-0.15, -0.1) is 0 Å². The quantitative estimate of drug-likeness (QED) is 0.627. The van der Waals surface area contributed by atoms with Crippen LogP contribution in [0.2, 0.25) is 0 Å². The maximum Gasteiger partial charge on any atom is 0.278 e. The molecule has 0 saturated carbocycles. The smallest absolute Gasteiger partial charge is 0.278 e. The highest BCUT2D eigenvalue weighted by molar-refractivity contribution is 6.36. The van der Waals surface area contributed by atoms with Crippen LogP contribution in [-0.2, 0) is 14.3 Å². The minimum absolute atomic E-state index is 0.212. The molecule has 1 N–H and O–H groups in total. The third kappa shape index (κ3) is 3.48. The second-order valence-electron chi connectivity index (χ2n) is 7.46. The summed E-state index contributed by atoms with van der Waals surface area (Å²) in [5, 5.41) is 5.33. The topological polar surface area (TPSA) is 58.6 Å². The molecule has 5 heteroatoms. The van der Waals surface area contributed by atoms with E-state index in [0.29, 0.717) is 17.9 Å². The van der Waals surface area contributed by atoms with Crippen LogP contribution in [0.15, 0.2) is 66.4 Å². The van der Waals surface area contributed by atoms with Gasteiger partial charge in [0.1, 0.15) is 5.70 Å². The van der Waals surface area contributed by atoms with Crippen molar-refractivity contribution in [2.24, 2.45) is 0 Å². The van der Waals surface area contributed by atoms with Gasteiger partial charge >= 0.3 is 0 Å². The predicted octanol–water partition coefficient (Wildman–Crippen LogP) is 4.30. The molecule has 2 amide bonds. The van der Waals surface area contributed by atoms with Crippen molar-refractivity contribution in [1.82, 2.24) is 4.90 Å². The van der Waals surface area contributed by atoms with Gasteiger partial charge in [-0.2, -0.15) is 0 Å². The lowest BCUT2D eigenvalue weighted by Crippen LogP contribution is -2.35. The molecule has 0 bridgehead atoms. The highest BCUT2D eigenvalue weighted by atomic mass is 16.5. The van der Waals surface area contributed by atoms with Gasteiger partial charge in [-0.05, 0) is 42.0 Å². The molecule has 0 aliphatic carbocycles. The van der Waals surface area contributed by atoms with E-state index in [1.54, 1.807) is 7.11 Å². The first-order valence-corrected chi connectivity index (χ1v) is 9.93. The Morgan fingerprint density at radius 2 is 1.67 bits per heavy atom. The number of amides is 2. The van der Waals surface area contributed by atoms with Gasteiger partial charge in [0.15, 0.2) is 0 Å². The van der Waals surface area contributed by atoms with Crippen molar-refractivity contribution in [2.75, 3.05) is 25.6 Å². The van der Waals surface area contributed by atoms with E-state index in [1.165, 1.54) is 4.90 Å². The third-order valence-corrected chi connectivity index (χ3v) is 5.53. The molecule has 0 aromatic heterocycles. The highest BCUT2D eigenvalue weighted by Gasteiger charge is 2.39. The largest absolute Gasteiger partial charge is 0.383 e. The van der Waals surface area contributed by atoms with Crippen molar-refractivity contribution in [2.45, 2.75) is 13.8 Å². The molecule has 1 heterocycles. The van der Waals surface area contributed by atoms with Crippen LogP contribution in [0.25, 0.3) is 16.3 Å². The van der Waals surface area contributed by atoms with Crippen molar-refractivity contribution in [3.05, 3.63) is 83.1 Å². The predicted molar refractivity (Wildman–Crippen MR) is 119 cm³/mol. The fourth-order valence-electron chi connectivity index (χ4n) is 3.71. The fraction of sp³-hybridized carbons (Fsp3) is 0.200. The van der Waals surface area contributed by atoms with Crippen LogP contribution in [0.1, 0.15) is 16.7 Å². The number of aryl methyl sites for hydroxylation is 2. The summed E-state index contributed by atoms with van der Waals surface area (Å²) < 4.78 is 5.10. The first-order valence-electron chi connectivity index (χ1n) is 9.93. The molecule has 0 radical (unpaired) electrons. The van der Waals surface area contributed by atoms with Crippen molar-refractivity contribution in [3.63, 3.8) is 0 Å². The maximum atomic E-state index is 13.2. The molecule has 3 aromatic carbocycles. The SMILES string of the molecule is COCCN1C(=O)C(Nc2cccc3ccccc23)=C(c2ccc(C)c(C)c2)C1=O. The number of rotatable bonds is 6. The number of carbonyl (C=O) groups is 2. The van der Waals surface area contributed by atoms with Gasteiger partial charge in [0, 0.05) is 18.2 Å². The molecule has 5 nitrogen and oxygen atoms in total. The summed E-state index contributed by atoms with van der Waals surface area (Å²) in [6.07, 6.45) is 0. The van der Waals surface area contributed by atoms with Crippen LogP contribution in [-0.4, -0.2) is 37.0 Å². The zero-order valence-electron chi connectivity index (χ0n) is 17.4. The Morgan fingerprint density at radius 3 is 2.43 bits per heavy atom. The molecule has 3 aromatic rings. The number of anilines is 1. The lowest BCUT2D eigenvalue weighted by molar-refractivity contribution is -0.137. The molecular formula is C25H24N2O3. The van der Waals surface area contributed by atoms with E-state index >= 15 is 0 Å². The van der Waals surface area contributed by atoms with Crippen LogP contribution < -0.4 is 5.32 Å². The molecule has 1 aliphatic rings. The van der Waals surface area contributed by atoms with Crippen molar-refractivity contribution >= 4 is 33.8 Å². The molecule has 30 heavy (non-hydrogen) atoms. The summed E-state index contributed by atoms with van der Waals surface area (Å²) in [7, 11) is 1.55. The Morgan fingerprint density at radius 1 is 0.900 bits per heavy atom. The second kappa shape index (κ2) is 8.13. The van der Waals surface area contributed by atoms with Crippen LogP contribution >= 0.6 is 0 Å². The molecule has 152 valence electrons. The molecule has 1 aliphatic heterocycles. The summed E-state index contributed by atoms with van der Waals surface area (Å²) >= 11 is 0. The normalized spacial score (nSPS) is 14.2. The number of nitrogens with one attached hydrogen (secondary N) is 1. The number of carbonyl (C=O) groups excluding carboxylic acids is 2. The Hall–Kier alpha value is -3.44. The lowest BCUT2D eigenvalue weighted by Gasteiger charge is -2.15. The minimum Gasteiger partial charge on any atom is -0.383 e. The van der Waals surface area contributed by atoms with E-state index in [2.05, 4.69) is 5.32 Å². The van der Waals surface area contributed by atoms with Crippen molar-refractivity contribution < 1.29 is 14.3 Å². The molecule has 0 spiro atoms. The van der Waals surface area contributed by atoms with Gasteiger partial charge in [-0.1, -0.05) is 54.6 Å². The van der Waals surface area contributed by atoms with Gasteiger partial charge < -0.3 is 10.1 Å². The average Bonchev–Trinajstić information content (AvgIpc) is 2.98. The van der Waals surface area contributed by atoms with Gasteiger partial charge in [0.05, 0.1) is 18.7 Å². The summed E-state index contributed by atoms with van der Waals surface area (Å²) in [4.78, 5) is 27.7. The van der Waals surface area contributed by atoms with E-state index in [1.807, 2.05) is 74.5 Å². The molecule has 0 fully saturated rings. The van der Waals surface area contributed by atoms with Gasteiger partial charge in [0.25, 0.3) is 11.8 Å². The molecule has 0 saturated heterocycles. The number of nitrogens with zero attached hydrogens (tertiary/aromatic N) is 1. The first-order chi connectivity index (χ1) is 14.5. The van der Waals surface area contributed by atoms with Crippen molar-refractivity contribution in [1.29, 1.82) is 0 Å². The molecular weight excluding hydrogens is 376 g/mol. The summed E-state index contributed by atoms with van der Waals surface area (Å²) in [6.45, 7) is 4.53.